The standard InChI is InChI=1S/C16H21N3OS.2ClH/c1-3-13(16-18-9-10-21-16)19-15(20)11(2)14(17)12-7-5-4-6-8-12;;/h4-11,13-14H,3,17H2,1-2H3,(H,19,20);2*1H. The lowest BCUT2D eigenvalue weighted by atomic mass is 9.94. The van der Waals surface area contributed by atoms with Crippen molar-refractivity contribution in [1.29, 1.82) is 0 Å². The third-order valence-corrected chi connectivity index (χ3v) is 4.50. The molecule has 0 spiro atoms. The van der Waals surface area contributed by atoms with Gasteiger partial charge in [-0.15, -0.1) is 36.2 Å². The van der Waals surface area contributed by atoms with Crippen LogP contribution in [0.2, 0.25) is 0 Å². The number of carbonyl (C=O) groups excluding carboxylic acids is 1. The van der Waals surface area contributed by atoms with Crippen molar-refractivity contribution in [3.8, 4) is 0 Å². The number of benzene rings is 1. The van der Waals surface area contributed by atoms with Crippen molar-refractivity contribution in [3.63, 3.8) is 0 Å². The van der Waals surface area contributed by atoms with Crippen molar-refractivity contribution < 1.29 is 4.79 Å². The summed E-state index contributed by atoms with van der Waals surface area (Å²) in [6.07, 6.45) is 2.57. The summed E-state index contributed by atoms with van der Waals surface area (Å²) < 4.78 is 0. The molecule has 0 saturated carbocycles. The normalized spacial score (nSPS) is 13.9. The summed E-state index contributed by atoms with van der Waals surface area (Å²) in [5.74, 6) is -0.324. The van der Waals surface area contributed by atoms with Crippen LogP contribution >= 0.6 is 36.2 Å². The fourth-order valence-corrected chi connectivity index (χ4v) is 2.95. The summed E-state index contributed by atoms with van der Waals surface area (Å²) in [5, 5.41) is 5.90. The topological polar surface area (TPSA) is 68.0 Å². The van der Waals surface area contributed by atoms with E-state index >= 15 is 0 Å². The lowest BCUT2D eigenvalue weighted by Gasteiger charge is -2.22. The van der Waals surface area contributed by atoms with Crippen LogP contribution in [0, 0.1) is 5.92 Å². The predicted molar refractivity (Wildman–Crippen MR) is 100 cm³/mol. The third kappa shape index (κ3) is 5.77. The Morgan fingerprint density at radius 2 is 1.96 bits per heavy atom. The minimum atomic E-state index is -0.306. The van der Waals surface area contributed by atoms with E-state index in [1.165, 1.54) is 0 Å². The molecule has 0 aliphatic carbocycles. The van der Waals surface area contributed by atoms with Gasteiger partial charge >= 0.3 is 0 Å². The van der Waals surface area contributed by atoms with Crippen LogP contribution in [0.25, 0.3) is 0 Å². The molecule has 0 aliphatic rings. The Hall–Kier alpha value is -1.14. The van der Waals surface area contributed by atoms with Crippen molar-refractivity contribution in [2.45, 2.75) is 32.4 Å². The zero-order chi connectivity index (χ0) is 15.2. The molecule has 3 atom stereocenters. The molecule has 1 aromatic carbocycles. The molecule has 23 heavy (non-hydrogen) atoms. The monoisotopic (exact) mass is 375 g/mol. The van der Waals surface area contributed by atoms with E-state index in [0.717, 1.165) is 17.0 Å². The van der Waals surface area contributed by atoms with Gasteiger partial charge < -0.3 is 11.1 Å². The molecule has 7 heteroatoms. The van der Waals surface area contributed by atoms with E-state index in [-0.39, 0.29) is 48.7 Å². The van der Waals surface area contributed by atoms with Crippen molar-refractivity contribution in [1.82, 2.24) is 10.3 Å². The van der Waals surface area contributed by atoms with Gasteiger partial charge in [-0.3, -0.25) is 4.79 Å². The zero-order valence-corrected chi connectivity index (χ0v) is 15.6. The summed E-state index contributed by atoms with van der Waals surface area (Å²) in [6, 6.07) is 9.37. The molecule has 1 heterocycles. The Kier molecular flexibility index (Phi) is 10.1. The van der Waals surface area contributed by atoms with Crippen LogP contribution in [0.5, 0.6) is 0 Å². The number of amides is 1. The van der Waals surface area contributed by atoms with E-state index < -0.39 is 0 Å². The predicted octanol–water partition coefficient (Wildman–Crippen LogP) is 3.89. The van der Waals surface area contributed by atoms with Crippen LogP contribution in [0.15, 0.2) is 41.9 Å². The number of aromatic nitrogens is 1. The quantitative estimate of drug-likeness (QED) is 0.804. The van der Waals surface area contributed by atoms with E-state index in [0.29, 0.717) is 0 Å². The Morgan fingerprint density at radius 1 is 1.30 bits per heavy atom. The van der Waals surface area contributed by atoms with Crippen molar-refractivity contribution in [2.75, 3.05) is 0 Å². The first-order valence-electron chi connectivity index (χ1n) is 7.13. The largest absolute Gasteiger partial charge is 0.347 e. The molecule has 3 unspecified atom stereocenters. The van der Waals surface area contributed by atoms with Crippen LogP contribution in [0.1, 0.15) is 42.9 Å². The number of thiazole rings is 1. The summed E-state index contributed by atoms with van der Waals surface area (Å²) >= 11 is 1.56. The highest BCUT2D eigenvalue weighted by Gasteiger charge is 2.24. The highest BCUT2D eigenvalue weighted by Crippen LogP contribution is 2.23. The van der Waals surface area contributed by atoms with E-state index in [1.54, 1.807) is 17.5 Å². The minimum absolute atomic E-state index is 0. The highest BCUT2D eigenvalue weighted by molar-refractivity contribution is 7.09. The van der Waals surface area contributed by atoms with Crippen LogP contribution < -0.4 is 11.1 Å². The Labute approximate surface area is 153 Å². The van der Waals surface area contributed by atoms with Crippen LogP contribution in [0.4, 0.5) is 0 Å². The van der Waals surface area contributed by atoms with E-state index in [2.05, 4.69) is 10.3 Å². The second-order valence-corrected chi connectivity index (χ2v) is 5.99. The lowest BCUT2D eigenvalue weighted by molar-refractivity contribution is -0.126. The number of halogens is 2. The summed E-state index contributed by atoms with van der Waals surface area (Å²) in [5.41, 5.74) is 7.18. The molecule has 0 saturated heterocycles. The molecular weight excluding hydrogens is 353 g/mol. The molecule has 0 radical (unpaired) electrons. The van der Waals surface area contributed by atoms with E-state index in [9.17, 15) is 4.79 Å². The Bertz CT molecular complexity index is 566. The smallest absolute Gasteiger partial charge is 0.225 e. The maximum Gasteiger partial charge on any atom is 0.225 e. The SMILES string of the molecule is CCC(NC(=O)C(C)C(N)c1ccccc1)c1nccs1.Cl.Cl. The average Bonchev–Trinajstić information content (AvgIpc) is 3.06. The molecule has 1 amide bonds. The Balaban J connectivity index is 0.00000242. The molecule has 0 aliphatic heterocycles. The molecule has 0 bridgehead atoms. The van der Waals surface area contributed by atoms with Crippen molar-refractivity contribution in [3.05, 3.63) is 52.5 Å². The van der Waals surface area contributed by atoms with Crippen molar-refractivity contribution >= 4 is 42.1 Å². The number of nitrogens with one attached hydrogen (secondary N) is 1. The van der Waals surface area contributed by atoms with Gasteiger partial charge in [0, 0.05) is 17.6 Å². The summed E-state index contributed by atoms with van der Waals surface area (Å²) in [4.78, 5) is 16.7. The number of nitrogens with two attached hydrogens (primary N) is 1. The molecule has 2 aromatic rings. The first-order chi connectivity index (χ1) is 10.1. The summed E-state index contributed by atoms with van der Waals surface area (Å²) in [7, 11) is 0. The van der Waals surface area contributed by atoms with Gasteiger partial charge in [0.05, 0.1) is 12.0 Å². The van der Waals surface area contributed by atoms with Crippen LogP contribution in [-0.2, 0) is 4.79 Å². The third-order valence-electron chi connectivity index (χ3n) is 3.61. The first kappa shape index (κ1) is 21.9. The zero-order valence-electron chi connectivity index (χ0n) is 13.1. The molecule has 3 N–H and O–H groups in total. The number of nitrogens with zero attached hydrogens (tertiary/aromatic N) is 1. The molecule has 4 nitrogen and oxygen atoms in total. The first-order valence-corrected chi connectivity index (χ1v) is 8.01. The molecule has 1 aromatic heterocycles. The minimum Gasteiger partial charge on any atom is -0.347 e. The summed E-state index contributed by atoms with van der Waals surface area (Å²) in [6.45, 7) is 3.90. The molecule has 2 rings (SSSR count). The molecule has 128 valence electrons. The van der Waals surface area contributed by atoms with E-state index in [1.807, 2.05) is 49.6 Å². The van der Waals surface area contributed by atoms with Gasteiger partial charge in [0.25, 0.3) is 0 Å². The number of hydrogen-bond acceptors (Lipinski definition) is 4. The fourth-order valence-electron chi connectivity index (χ4n) is 2.18. The van der Waals surface area contributed by atoms with Gasteiger partial charge in [-0.05, 0) is 12.0 Å². The van der Waals surface area contributed by atoms with Crippen LogP contribution in [-0.4, -0.2) is 10.9 Å². The highest BCUT2D eigenvalue weighted by atomic mass is 35.5. The molecule has 0 fully saturated rings. The number of carbonyl (C=O) groups is 1. The second kappa shape index (κ2) is 10.6. The average molecular weight is 376 g/mol. The Morgan fingerprint density at radius 3 is 2.48 bits per heavy atom. The van der Waals surface area contributed by atoms with Gasteiger partial charge in [-0.1, -0.05) is 44.2 Å². The lowest BCUT2D eigenvalue weighted by Crippen LogP contribution is -2.37. The van der Waals surface area contributed by atoms with Gasteiger partial charge in [0.2, 0.25) is 5.91 Å². The maximum absolute atomic E-state index is 12.4. The molecular formula is C16H23Cl2N3OS. The van der Waals surface area contributed by atoms with Gasteiger partial charge in [-0.25, -0.2) is 4.98 Å². The van der Waals surface area contributed by atoms with Gasteiger partial charge in [0.1, 0.15) is 5.01 Å². The van der Waals surface area contributed by atoms with Gasteiger partial charge in [-0.2, -0.15) is 0 Å². The fraction of sp³-hybridized carbons (Fsp3) is 0.375. The second-order valence-electron chi connectivity index (χ2n) is 5.06. The van der Waals surface area contributed by atoms with Crippen molar-refractivity contribution in [2.24, 2.45) is 11.7 Å². The maximum atomic E-state index is 12.4. The van der Waals surface area contributed by atoms with Crippen LogP contribution in [0.3, 0.4) is 0 Å². The van der Waals surface area contributed by atoms with E-state index in [4.69, 9.17) is 5.73 Å². The number of rotatable bonds is 6. The van der Waals surface area contributed by atoms with Gasteiger partial charge in [0.15, 0.2) is 0 Å². The number of hydrogen-bond donors (Lipinski definition) is 2.